The van der Waals surface area contributed by atoms with Gasteiger partial charge in [-0.1, -0.05) is 12.1 Å². The highest BCUT2D eigenvalue weighted by Gasteiger charge is 2.25. The smallest absolute Gasteiger partial charge is 0.330 e. The fourth-order valence-corrected chi connectivity index (χ4v) is 2.81. The van der Waals surface area contributed by atoms with E-state index < -0.39 is 30.3 Å². The highest BCUT2D eigenvalue weighted by atomic mass is 19.1. The second kappa shape index (κ2) is 9.19. The quantitative estimate of drug-likeness (QED) is 0.574. The third-order valence-electron chi connectivity index (χ3n) is 4.37. The third kappa shape index (κ3) is 4.47. The van der Waals surface area contributed by atoms with Crippen molar-refractivity contribution in [2.75, 3.05) is 20.8 Å². The summed E-state index contributed by atoms with van der Waals surface area (Å²) in [7, 11) is 2.68. The molecule has 2 N–H and O–H groups in total. The Kier molecular flexibility index (Phi) is 6.43. The summed E-state index contributed by atoms with van der Waals surface area (Å²) in [6.45, 7) is -0.626. The number of carbonyl (C=O) groups excluding carboxylic acids is 2. The molecule has 8 nitrogen and oxygen atoms in total. The van der Waals surface area contributed by atoms with Crippen molar-refractivity contribution in [1.29, 1.82) is 0 Å². The van der Waals surface area contributed by atoms with E-state index >= 15 is 0 Å². The summed E-state index contributed by atoms with van der Waals surface area (Å²) in [5.41, 5.74) is 1.59. The van der Waals surface area contributed by atoms with E-state index in [2.05, 4.69) is 15.2 Å². The number of amides is 1. The summed E-state index contributed by atoms with van der Waals surface area (Å²) in [5, 5.41) is 16.3. The van der Waals surface area contributed by atoms with Crippen molar-refractivity contribution in [2.45, 2.75) is 6.04 Å². The molecule has 3 rings (SSSR count). The fraction of sp³-hybridized carbons (Fsp3) is 0.190. The molecule has 30 heavy (non-hydrogen) atoms. The molecule has 0 radical (unpaired) electrons. The predicted molar refractivity (Wildman–Crippen MR) is 106 cm³/mol. The van der Waals surface area contributed by atoms with Crippen LogP contribution in [0.1, 0.15) is 10.4 Å². The van der Waals surface area contributed by atoms with Crippen LogP contribution in [-0.4, -0.2) is 53.6 Å². The average Bonchev–Trinajstić information content (AvgIpc) is 3.23. The number of aliphatic hydroxyl groups excluding tert-OH is 1. The number of ether oxygens (including phenoxy) is 2. The van der Waals surface area contributed by atoms with Crippen LogP contribution in [0, 0.1) is 5.82 Å². The Morgan fingerprint density at radius 1 is 1.20 bits per heavy atom. The molecule has 0 aliphatic carbocycles. The lowest BCUT2D eigenvalue weighted by molar-refractivity contribution is -0.143. The van der Waals surface area contributed by atoms with Gasteiger partial charge < -0.3 is 19.9 Å². The molecule has 1 atom stereocenters. The zero-order valence-corrected chi connectivity index (χ0v) is 16.3. The standard InChI is InChI=1S/C21H20FN3O5/c1-29-16-5-3-4-13(10-16)19-17(20(27)23-18(12-26)21(28)30-2)11-25(24-19)15-8-6-14(22)7-9-15/h3-11,18,26H,12H2,1-2H3,(H,23,27)/t18-/m0/s1. The van der Waals surface area contributed by atoms with Gasteiger partial charge in [-0.2, -0.15) is 5.10 Å². The minimum atomic E-state index is -1.23. The predicted octanol–water partition coefficient (Wildman–Crippen LogP) is 1.95. The second-order valence-corrected chi connectivity index (χ2v) is 6.28. The molecular weight excluding hydrogens is 393 g/mol. The van der Waals surface area contributed by atoms with E-state index in [9.17, 15) is 19.1 Å². The normalized spacial score (nSPS) is 11.6. The van der Waals surface area contributed by atoms with Gasteiger partial charge in [0.05, 0.1) is 32.1 Å². The number of aromatic nitrogens is 2. The Hall–Kier alpha value is -3.72. The molecule has 0 saturated carbocycles. The van der Waals surface area contributed by atoms with Crippen LogP contribution in [-0.2, 0) is 9.53 Å². The van der Waals surface area contributed by atoms with Crippen molar-refractivity contribution >= 4 is 11.9 Å². The summed E-state index contributed by atoms with van der Waals surface area (Å²) >= 11 is 0. The van der Waals surface area contributed by atoms with Crippen molar-refractivity contribution in [3.63, 3.8) is 0 Å². The second-order valence-electron chi connectivity index (χ2n) is 6.28. The van der Waals surface area contributed by atoms with Gasteiger partial charge in [0.25, 0.3) is 5.91 Å². The van der Waals surface area contributed by atoms with Crippen molar-refractivity contribution in [3.05, 3.63) is 66.1 Å². The van der Waals surface area contributed by atoms with Gasteiger partial charge in [-0.25, -0.2) is 13.9 Å². The number of rotatable bonds is 7. The number of carbonyl (C=O) groups is 2. The topological polar surface area (TPSA) is 103 Å². The SMILES string of the molecule is COC(=O)[C@H](CO)NC(=O)c1cn(-c2ccc(F)cc2)nc1-c1cccc(OC)c1. The van der Waals surface area contributed by atoms with Crippen molar-refractivity contribution < 1.29 is 28.6 Å². The molecule has 0 saturated heterocycles. The summed E-state index contributed by atoms with van der Waals surface area (Å²) in [5.74, 6) is -1.25. The van der Waals surface area contributed by atoms with Gasteiger partial charge in [0.15, 0.2) is 6.04 Å². The van der Waals surface area contributed by atoms with Crippen molar-refractivity contribution in [3.8, 4) is 22.7 Å². The van der Waals surface area contributed by atoms with Crippen LogP contribution < -0.4 is 10.1 Å². The maximum Gasteiger partial charge on any atom is 0.330 e. The highest BCUT2D eigenvalue weighted by Crippen LogP contribution is 2.27. The van der Waals surface area contributed by atoms with Crippen LogP contribution in [0.15, 0.2) is 54.7 Å². The van der Waals surface area contributed by atoms with Gasteiger partial charge in [0.1, 0.15) is 17.3 Å². The van der Waals surface area contributed by atoms with Gasteiger partial charge >= 0.3 is 5.97 Å². The summed E-state index contributed by atoms with van der Waals surface area (Å²) in [6.07, 6.45) is 1.46. The Labute approximate surface area is 171 Å². The number of benzene rings is 2. The zero-order valence-electron chi connectivity index (χ0n) is 16.3. The zero-order chi connectivity index (χ0) is 21.7. The lowest BCUT2D eigenvalue weighted by Crippen LogP contribution is -2.44. The molecule has 156 valence electrons. The van der Waals surface area contributed by atoms with Gasteiger partial charge in [-0.05, 0) is 36.4 Å². The first-order valence-electron chi connectivity index (χ1n) is 8.96. The largest absolute Gasteiger partial charge is 0.497 e. The van der Waals surface area contributed by atoms with Gasteiger partial charge in [-0.3, -0.25) is 4.79 Å². The van der Waals surface area contributed by atoms with E-state index in [4.69, 9.17) is 4.74 Å². The number of halogens is 1. The van der Waals surface area contributed by atoms with Crippen molar-refractivity contribution in [1.82, 2.24) is 15.1 Å². The number of aliphatic hydroxyl groups is 1. The molecule has 1 amide bonds. The van der Waals surface area contributed by atoms with E-state index in [-0.39, 0.29) is 5.56 Å². The van der Waals surface area contributed by atoms with Crippen LogP contribution in [0.5, 0.6) is 5.75 Å². The molecule has 3 aromatic rings. The summed E-state index contributed by atoms with van der Waals surface area (Å²) in [4.78, 5) is 24.6. The van der Waals surface area contributed by atoms with E-state index in [1.165, 1.54) is 42.3 Å². The fourth-order valence-electron chi connectivity index (χ4n) is 2.81. The highest BCUT2D eigenvalue weighted by molar-refractivity contribution is 6.01. The molecule has 0 unspecified atom stereocenters. The number of nitrogens with one attached hydrogen (secondary N) is 1. The molecule has 9 heteroatoms. The van der Waals surface area contributed by atoms with E-state index in [1.807, 2.05) is 0 Å². The number of hydrogen-bond donors (Lipinski definition) is 2. The first-order chi connectivity index (χ1) is 14.5. The minimum Gasteiger partial charge on any atom is -0.497 e. The van der Waals surface area contributed by atoms with Crippen LogP contribution in [0.3, 0.4) is 0 Å². The lowest BCUT2D eigenvalue weighted by atomic mass is 10.1. The molecule has 2 aromatic carbocycles. The molecule has 0 aliphatic rings. The molecule has 1 aromatic heterocycles. The maximum absolute atomic E-state index is 13.3. The van der Waals surface area contributed by atoms with Gasteiger partial charge in [0, 0.05) is 11.8 Å². The molecule has 1 heterocycles. The van der Waals surface area contributed by atoms with Gasteiger partial charge in [-0.15, -0.1) is 0 Å². The van der Waals surface area contributed by atoms with Crippen LogP contribution >= 0.6 is 0 Å². The van der Waals surface area contributed by atoms with Crippen LogP contribution in [0.4, 0.5) is 4.39 Å². The Morgan fingerprint density at radius 3 is 2.57 bits per heavy atom. The van der Waals surface area contributed by atoms with E-state index in [0.717, 1.165) is 7.11 Å². The van der Waals surface area contributed by atoms with Crippen LogP contribution in [0.2, 0.25) is 0 Å². The average molecular weight is 413 g/mol. The molecule has 0 aliphatic heterocycles. The lowest BCUT2D eigenvalue weighted by Gasteiger charge is -2.13. The molecule has 0 fully saturated rings. The van der Waals surface area contributed by atoms with Crippen LogP contribution in [0.25, 0.3) is 16.9 Å². The Morgan fingerprint density at radius 2 is 1.93 bits per heavy atom. The van der Waals surface area contributed by atoms with E-state index in [0.29, 0.717) is 22.7 Å². The maximum atomic E-state index is 13.3. The van der Waals surface area contributed by atoms with Gasteiger partial charge in [0.2, 0.25) is 0 Å². The summed E-state index contributed by atoms with van der Waals surface area (Å²) < 4.78 is 24.5. The monoisotopic (exact) mass is 413 g/mol. The first kappa shape index (κ1) is 21.0. The van der Waals surface area contributed by atoms with Crippen molar-refractivity contribution in [2.24, 2.45) is 0 Å². The molecule has 0 bridgehead atoms. The minimum absolute atomic E-state index is 0.148. The summed E-state index contributed by atoms with van der Waals surface area (Å²) in [6, 6.07) is 11.3. The number of hydrogen-bond acceptors (Lipinski definition) is 6. The molecular formula is C21H20FN3O5. The molecule has 0 spiro atoms. The third-order valence-corrected chi connectivity index (χ3v) is 4.37. The number of nitrogens with zero attached hydrogens (tertiary/aromatic N) is 2. The first-order valence-corrected chi connectivity index (χ1v) is 8.96. The Bertz CT molecular complexity index is 1050. The van der Waals surface area contributed by atoms with E-state index in [1.54, 1.807) is 24.3 Å². The number of esters is 1. The Balaban J connectivity index is 2.06. The number of methoxy groups -OCH3 is 2.